The maximum atomic E-state index is 13.8. The van der Waals surface area contributed by atoms with Crippen molar-refractivity contribution in [3.8, 4) is 34.5 Å². The number of fused-ring (bicyclic) bond motifs is 1. The summed E-state index contributed by atoms with van der Waals surface area (Å²) in [5, 5.41) is 35.1. The van der Waals surface area contributed by atoms with Gasteiger partial charge in [0.15, 0.2) is 23.0 Å². The topological polar surface area (TPSA) is 147 Å². The Balaban J connectivity index is 1.37. The van der Waals surface area contributed by atoms with Gasteiger partial charge < -0.3 is 40.2 Å². The molecule has 0 saturated carbocycles. The predicted octanol–water partition coefficient (Wildman–Crippen LogP) is 4.77. The summed E-state index contributed by atoms with van der Waals surface area (Å²) in [6.07, 6.45) is 3.47. The van der Waals surface area contributed by atoms with E-state index in [0.717, 1.165) is 11.1 Å². The molecule has 10 heteroatoms. The van der Waals surface area contributed by atoms with E-state index in [0.29, 0.717) is 54.1 Å². The van der Waals surface area contributed by atoms with Crippen molar-refractivity contribution < 1.29 is 39.1 Å². The molecular formula is C36H36N2O8. The molecule has 2 amide bonds. The zero-order valence-electron chi connectivity index (χ0n) is 25.5. The van der Waals surface area contributed by atoms with E-state index in [1.165, 1.54) is 26.4 Å². The third-order valence-electron chi connectivity index (χ3n) is 7.75. The minimum atomic E-state index is -0.787. The SMILES string of the molecule is COc1cc([C@@H]2Oc3c(OC)cc(C=CC(=O)NCCc4ccc(O)cc4)cc3[C@H]2C(=O)NCCc2ccc(O)cc2)ccc1O. The number of ether oxygens (including phenoxy) is 3. The summed E-state index contributed by atoms with van der Waals surface area (Å²) >= 11 is 0. The standard InChI is InChI=1S/C36H36N2O8/c1-44-30-21-25(8-13-29(30)41)34-33(36(43)38-18-16-23-5-11-27(40)12-6-23)28-19-24(20-31(45-2)35(28)46-34)7-14-32(42)37-17-15-22-3-9-26(39)10-4-22/h3-14,19-21,33-34,39-41H,15-18H2,1-2H3,(H,37,42)(H,38,43)/t33-,34+/m1/s1. The fourth-order valence-electron chi connectivity index (χ4n) is 5.35. The quantitative estimate of drug-likeness (QED) is 0.142. The number of hydrogen-bond acceptors (Lipinski definition) is 8. The van der Waals surface area contributed by atoms with Crippen LogP contribution in [0.15, 0.2) is 84.9 Å². The van der Waals surface area contributed by atoms with Crippen LogP contribution >= 0.6 is 0 Å². The molecule has 4 aromatic rings. The third kappa shape index (κ3) is 7.52. The number of amides is 2. The Labute approximate surface area is 266 Å². The van der Waals surface area contributed by atoms with Gasteiger partial charge in [-0.25, -0.2) is 0 Å². The normalized spacial score (nSPS) is 15.2. The Morgan fingerprint density at radius 2 is 1.39 bits per heavy atom. The van der Waals surface area contributed by atoms with Crippen LogP contribution in [0.5, 0.6) is 34.5 Å². The molecular weight excluding hydrogens is 588 g/mol. The van der Waals surface area contributed by atoms with Crippen LogP contribution in [-0.4, -0.2) is 54.4 Å². The third-order valence-corrected chi connectivity index (χ3v) is 7.75. The first kappa shape index (κ1) is 31.8. The molecule has 0 aliphatic carbocycles. The van der Waals surface area contributed by atoms with Gasteiger partial charge in [0.05, 0.1) is 14.2 Å². The van der Waals surface area contributed by atoms with Crippen molar-refractivity contribution in [1.29, 1.82) is 0 Å². The molecule has 5 rings (SSSR count). The van der Waals surface area contributed by atoms with Crippen LogP contribution in [0.2, 0.25) is 0 Å². The lowest BCUT2D eigenvalue weighted by molar-refractivity contribution is -0.124. The number of carbonyl (C=O) groups excluding carboxylic acids is 2. The lowest BCUT2D eigenvalue weighted by Crippen LogP contribution is -2.33. The number of hydrogen-bond donors (Lipinski definition) is 5. The molecule has 1 aliphatic heterocycles. The van der Waals surface area contributed by atoms with E-state index in [-0.39, 0.29) is 34.8 Å². The number of carbonyl (C=O) groups is 2. The summed E-state index contributed by atoms with van der Waals surface area (Å²) in [6, 6.07) is 22.0. The van der Waals surface area contributed by atoms with Crippen molar-refractivity contribution in [2.24, 2.45) is 0 Å². The van der Waals surface area contributed by atoms with Gasteiger partial charge in [0.2, 0.25) is 11.8 Å². The molecule has 2 atom stereocenters. The van der Waals surface area contributed by atoms with E-state index in [9.17, 15) is 24.9 Å². The van der Waals surface area contributed by atoms with E-state index in [4.69, 9.17) is 14.2 Å². The van der Waals surface area contributed by atoms with Crippen molar-refractivity contribution in [3.05, 3.63) is 113 Å². The minimum absolute atomic E-state index is 0.0389. The maximum Gasteiger partial charge on any atom is 0.244 e. The van der Waals surface area contributed by atoms with Gasteiger partial charge in [0.1, 0.15) is 23.5 Å². The number of benzene rings is 4. The summed E-state index contributed by atoms with van der Waals surface area (Å²) in [6.45, 7) is 0.765. The summed E-state index contributed by atoms with van der Waals surface area (Å²) in [4.78, 5) is 26.4. The average Bonchev–Trinajstić information content (AvgIpc) is 3.45. The predicted molar refractivity (Wildman–Crippen MR) is 172 cm³/mol. The molecule has 4 aromatic carbocycles. The number of nitrogens with one attached hydrogen (secondary N) is 2. The first-order valence-corrected chi connectivity index (χ1v) is 14.8. The van der Waals surface area contributed by atoms with Crippen LogP contribution in [0.4, 0.5) is 0 Å². The number of methoxy groups -OCH3 is 2. The van der Waals surface area contributed by atoms with Gasteiger partial charge in [-0.05, 0) is 89.7 Å². The van der Waals surface area contributed by atoms with Crippen molar-refractivity contribution in [3.63, 3.8) is 0 Å². The molecule has 46 heavy (non-hydrogen) atoms. The first-order chi connectivity index (χ1) is 22.2. The van der Waals surface area contributed by atoms with Gasteiger partial charge in [-0.2, -0.15) is 0 Å². The Kier molecular flexibility index (Phi) is 9.97. The number of phenols is 3. The lowest BCUT2D eigenvalue weighted by atomic mass is 9.89. The fraction of sp³-hybridized carbons (Fsp3) is 0.222. The van der Waals surface area contributed by atoms with Gasteiger partial charge in [-0.1, -0.05) is 30.3 Å². The molecule has 0 bridgehead atoms. The van der Waals surface area contributed by atoms with Crippen molar-refractivity contribution >= 4 is 17.9 Å². The van der Waals surface area contributed by atoms with Crippen molar-refractivity contribution in [2.45, 2.75) is 24.9 Å². The zero-order valence-corrected chi connectivity index (χ0v) is 25.5. The molecule has 238 valence electrons. The highest BCUT2D eigenvalue weighted by Gasteiger charge is 2.42. The molecule has 1 heterocycles. The summed E-state index contributed by atoms with van der Waals surface area (Å²) < 4.78 is 17.3. The van der Waals surface area contributed by atoms with Gasteiger partial charge in [-0.3, -0.25) is 9.59 Å². The van der Waals surface area contributed by atoms with E-state index < -0.39 is 12.0 Å². The van der Waals surface area contributed by atoms with E-state index in [2.05, 4.69) is 10.6 Å². The van der Waals surface area contributed by atoms with Gasteiger partial charge in [0, 0.05) is 24.7 Å². The van der Waals surface area contributed by atoms with Crippen molar-refractivity contribution in [1.82, 2.24) is 10.6 Å². The fourth-order valence-corrected chi connectivity index (χ4v) is 5.35. The second-order valence-corrected chi connectivity index (χ2v) is 10.8. The number of phenolic OH excluding ortho intramolecular Hbond substituents is 3. The monoisotopic (exact) mass is 624 g/mol. The molecule has 0 aromatic heterocycles. The van der Waals surface area contributed by atoms with Gasteiger partial charge in [-0.15, -0.1) is 0 Å². The molecule has 0 spiro atoms. The van der Waals surface area contributed by atoms with Crippen molar-refractivity contribution in [2.75, 3.05) is 27.3 Å². The molecule has 0 fully saturated rings. The van der Waals surface area contributed by atoms with Crippen LogP contribution in [0.3, 0.4) is 0 Å². The maximum absolute atomic E-state index is 13.8. The van der Waals surface area contributed by atoms with E-state index >= 15 is 0 Å². The second kappa shape index (κ2) is 14.4. The highest BCUT2D eigenvalue weighted by molar-refractivity contribution is 5.92. The van der Waals surface area contributed by atoms with Crippen LogP contribution in [0, 0.1) is 0 Å². The van der Waals surface area contributed by atoms with Crippen LogP contribution in [0.1, 0.15) is 39.8 Å². The number of aromatic hydroxyl groups is 3. The van der Waals surface area contributed by atoms with Crippen LogP contribution < -0.4 is 24.8 Å². The van der Waals surface area contributed by atoms with Crippen LogP contribution in [-0.2, 0) is 22.4 Å². The summed E-state index contributed by atoms with van der Waals surface area (Å²) in [7, 11) is 2.95. The van der Waals surface area contributed by atoms with Crippen LogP contribution in [0.25, 0.3) is 6.08 Å². The smallest absolute Gasteiger partial charge is 0.244 e. The Hall–Kier alpha value is -5.64. The first-order valence-electron chi connectivity index (χ1n) is 14.8. The van der Waals surface area contributed by atoms with Gasteiger partial charge in [0.25, 0.3) is 0 Å². The molecule has 0 saturated heterocycles. The molecule has 5 N–H and O–H groups in total. The largest absolute Gasteiger partial charge is 0.508 e. The van der Waals surface area contributed by atoms with E-state index in [1.807, 2.05) is 0 Å². The Morgan fingerprint density at radius 1 is 0.783 bits per heavy atom. The molecule has 0 unspecified atom stereocenters. The van der Waals surface area contributed by atoms with Gasteiger partial charge >= 0.3 is 0 Å². The number of rotatable bonds is 12. The minimum Gasteiger partial charge on any atom is -0.508 e. The Bertz CT molecular complexity index is 1720. The lowest BCUT2D eigenvalue weighted by Gasteiger charge is -2.20. The molecule has 0 radical (unpaired) electrons. The second-order valence-electron chi connectivity index (χ2n) is 10.8. The highest BCUT2D eigenvalue weighted by atomic mass is 16.5. The average molecular weight is 625 g/mol. The Morgan fingerprint density at radius 3 is 2.00 bits per heavy atom. The summed E-state index contributed by atoms with van der Waals surface area (Å²) in [5.41, 5.74) is 3.79. The van der Waals surface area contributed by atoms with E-state index in [1.54, 1.807) is 78.9 Å². The molecule has 1 aliphatic rings. The summed E-state index contributed by atoms with van der Waals surface area (Å²) in [5.74, 6) is 0.0356. The molecule has 10 nitrogen and oxygen atoms in total. The highest BCUT2D eigenvalue weighted by Crippen LogP contribution is 2.51. The zero-order chi connectivity index (χ0) is 32.6.